The van der Waals surface area contributed by atoms with Crippen LogP contribution < -0.4 is 0 Å². The minimum Gasteiger partial charge on any atom is -0.459 e. The fourth-order valence-electron chi connectivity index (χ4n) is 4.26. The summed E-state index contributed by atoms with van der Waals surface area (Å²) in [5, 5.41) is 0. The van der Waals surface area contributed by atoms with E-state index in [9.17, 15) is 4.79 Å². The SMILES string of the molecule is O=C(OC(CN1CCOCC1)CN1CCOCC1)C(c1ccccc1)c1ccccc1. The van der Waals surface area contributed by atoms with E-state index in [4.69, 9.17) is 14.2 Å². The molecule has 2 aliphatic heterocycles. The lowest BCUT2D eigenvalue weighted by Crippen LogP contribution is -2.48. The second kappa shape index (κ2) is 11.4. The predicted molar refractivity (Wildman–Crippen MR) is 119 cm³/mol. The van der Waals surface area contributed by atoms with Crippen molar-refractivity contribution in [3.05, 3.63) is 71.8 Å². The van der Waals surface area contributed by atoms with Gasteiger partial charge in [0.25, 0.3) is 0 Å². The number of morpholine rings is 2. The van der Waals surface area contributed by atoms with Crippen LogP contribution in [-0.2, 0) is 19.0 Å². The summed E-state index contributed by atoms with van der Waals surface area (Å²) in [6.07, 6.45) is -0.196. The molecule has 6 nitrogen and oxygen atoms in total. The van der Waals surface area contributed by atoms with Crippen molar-refractivity contribution in [2.75, 3.05) is 65.7 Å². The van der Waals surface area contributed by atoms with Gasteiger partial charge in [-0.25, -0.2) is 0 Å². The Kier molecular flexibility index (Phi) is 8.07. The maximum absolute atomic E-state index is 13.5. The minimum absolute atomic E-state index is 0.191. The maximum Gasteiger partial charge on any atom is 0.318 e. The zero-order chi connectivity index (χ0) is 21.3. The Morgan fingerprint density at radius 1 is 0.742 bits per heavy atom. The first-order valence-corrected chi connectivity index (χ1v) is 11.2. The second-order valence-corrected chi connectivity index (χ2v) is 8.14. The van der Waals surface area contributed by atoms with Crippen molar-refractivity contribution >= 4 is 5.97 Å². The highest BCUT2D eigenvalue weighted by Gasteiger charge is 2.29. The van der Waals surface area contributed by atoms with Crippen LogP contribution in [0.2, 0.25) is 0 Å². The molecule has 0 unspecified atom stereocenters. The Morgan fingerprint density at radius 2 is 1.16 bits per heavy atom. The summed E-state index contributed by atoms with van der Waals surface area (Å²) in [7, 11) is 0. The average Bonchev–Trinajstić information content (AvgIpc) is 2.82. The van der Waals surface area contributed by atoms with Crippen molar-refractivity contribution in [1.82, 2.24) is 9.80 Å². The number of carbonyl (C=O) groups excluding carboxylic acids is 1. The molecule has 0 spiro atoms. The van der Waals surface area contributed by atoms with E-state index in [1.165, 1.54) is 0 Å². The van der Waals surface area contributed by atoms with Crippen LogP contribution in [0.4, 0.5) is 0 Å². The van der Waals surface area contributed by atoms with Gasteiger partial charge in [-0.05, 0) is 11.1 Å². The normalized spacial score (nSPS) is 18.4. The Balaban J connectivity index is 1.51. The first-order chi connectivity index (χ1) is 15.3. The van der Waals surface area contributed by atoms with E-state index in [1.54, 1.807) is 0 Å². The van der Waals surface area contributed by atoms with E-state index in [-0.39, 0.29) is 12.1 Å². The molecule has 2 fully saturated rings. The van der Waals surface area contributed by atoms with Crippen LogP contribution in [0, 0.1) is 0 Å². The highest BCUT2D eigenvalue weighted by atomic mass is 16.5. The van der Waals surface area contributed by atoms with Crippen LogP contribution in [0.1, 0.15) is 17.0 Å². The third-order valence-electron chi connectivity index (χ3n) is 5.92. The van der Waals surface area contributed by atoms with E-state index >= 15 is 0 Å². The van der Waals surface area contributed by atoms with E-state index in [0.29, 0.717) is 0 Å². The maximum atomic E-state index is 13.5. The molecule has 0 N–H and O–H groups in total. The summed E-state index contributed by atoms with van der Waals surface area (Å²) in [6.45, 7) is 7.87. The molecule has 0 saturated carbocycles. The molecule has 31 heavy (non-hydrogen) atoms. The standard InChI is InChI=1S/C25H32N2O4/c28-25(24(21-7-3-1-4-8-21)22-9-5-2-6-10-22)31-23(19-26-11-15-29-16-12-26)20-27-13-17-30-18-14-27/h1-10,23-24H,11-20H2. The van der Waals surface area contributed by atoms with Crippen molar-refractivity contribution in [2.24, 2.45) is 0 Å². The van der Waals surface area contributed by atoms with E-state index in [0.717, 1.165) is 76.8 Å². The summed E-state index contributed by atoms with van der Waals surface area (Å²) < 4.78 is 17.2. The number of hydrogen-bond acceptors (Lipinski definition) is 6. The molecule has 0 amide bonds. The summed E-state index contributed by atoms with van der Waals surface area (Å²) in [4.78, 5) is 18.2. The van der Waals surface area contributed by atoms with Crippen LogP contribution in [-0.4, -0.2) is 87.6 Å². The molecule has 0 atom stereocenters. The monoisotopic (exact) mass is 424 g/mol. The first-order valence-electron chi connectivity index (χ1n) is 11.2. The highest BCUT2D eigenvalue weighted by molar-refractivity contribution is 5.82. The van der Waals surface area contributed by atoms with Gasteiger partial charge in [-0.2, -0.15) is 0 Å². The zero-order valence-electron chi connectivity index (χ0n) is 18.0. The minimum atomic E-state index is -0.431. The lowest BCUT2D eigenvalue weighted by molar-refractivity contribution is -0.153. The largest absolute Gasteiger partial charge is 0.459 e. The van der Waals surface area contributed by atoms with Gasteiger partial charge in [0, 0.05) is 39.3 Å². The van der Waals surface area contributed by atoms with Crippen molar-refractivity contribution in [3.8, 4) is 0 Å². The fraction of sp³-hybridized carbons (Fsp3) is 0.480. The zero-order valence-corrected chi connectivity index (χ0v) is 18.0. The topological polar surface area (TPSA) is 51.2 Å². The molecular weight excluding hydrogens is 392 g/mol. The smallest absolute Gasteiger partial charge is 0.318 e. The van der Waals surface area contributed by atoms with Gasteiger partial charge >= 0.3 is 5.97 Å². The van der Waals surface area contributed by atoms with E-state index < -0.39 is 5.92 Å². The number of ether oxygens (including phenoxy) is 3. The lowest BCUT2D eigenvalue weighted by atomic mass is 9.91. The molecule has 0 aromatic heterocycles. The highest BCUT2D eigenvalue weighted by Crippen LogP contribution is 2.26. The number of benzene rings is 2. The number of rotatable bonds is 8. The molecule has 2 aliphatic rings. The van der Waals surface area contributed by atoms with Gasteiger partial charge in [0.2, 0.25) is 0 Å². The molecule has 166 valence electrons. The van der Waals surface area contributed by atoms with Crippen LogP contribution >= 0.6 is 0 Å². The molecule has 2 aromatic carbocycles. The van der Waals surface area contributed by atoms with Crippen LogP contribution in [0.25, 0.3) is 0 Å². The van der Waals surface area contributed by atoms with Crippen molar-refractivity contribution < 1.29 is 19.0 Å². The van der Waals surface area contributed by atoms with E-state index in [1.807, 2.05) is 60.7 Å². The fourth-order valence-corrected chi connectivity index (χ4v) is 4.26. The Morgan fingerprint density at radius 3 is 1.58 bits per heavy atom. The van der Waals surface area contributed by atoms with Gasteiger partial charge in [-0.15, -0.1) is 0 Å². The van der Waals surface area contributed by atoms with Crippen LogP contribution in [0.3, 0.4) is 0 Å². The molecule has 2 heterocycles. The van der Waals surface area contributed by atoms with Gasteiger partial charge in [0.05, 0.1) is 26.4 Å². The molecule has 4 rings (SSSR count). The van der Waals surface area contributed by atoms with Crippen LogP contribution in [0.5, 0.6) is 0 Å². The summed E-state index contributed by atoms with van der Waals surface area (Å²) in [5.41, 5.74) is 1.91. The third-order valence-corrected chi connectivity index (χ3v) is 5.92. The van der Waals surface area contributed by atoms with Gasteiger partial charge in [0.1, 0.15) is 12.0 Å². The molecule has 0 bridgehead atoms. The number of esters is 1. The summed E-state index contributed by atoms with van der Waals surface area (Å²) in [6, 6.07) is 19.8. The van der Waals surface area contributed by atoms with Gasteiger partial charge in [-0.3, -0.25) is 14.6 Å². The van der Waals surface area contributed by atoms with Crippen molar-refractivity contribution in [3.63, 3.8) is 0 Å². The predicted octanol–water partition coefficient (Wildman–Crippen LogP) is 2.39. The molecule has 2 saturated heterocycles. The number of nitrogens with zero attached hydrogens (tertiary/aromatic N) is 2. The quantitative estimate of drug-likeness (QED) is 0.607. The summed E-state index contributed by atoms with van der Waals surface area (Å²) >= 11 is 0. The van der Waals surface area contributed by atoms with Crippen LogP contribution in [0.15, 0.2) is 60.7 Å². The van der Waals surface area contributed by atoms with Gasteiger partial charge < -0.3 is 14.2 Å². The molecule has 2 aromatic rings. The van der Waals surface area contributed by atoms with Gasteiger partial charge in [-0.1, -0.05) is 60.7 Å². The Hall–Kier alpha value is -2.25. The van der Waals surface area contributed by atoms with Gasteiger partial charge in [0.15, 0.2) is 0 Å². The third kappa shape index (κ3) is 6.37. The Bertz CT molecular complexity index is 730. The van der Waals surface area contributed by atoms with E-state index in [2.05, 4.69) is 9.80 Å². The molecule has 0 aliphatic carbocycles. The van der Waals surface area contributed by atoms with Crippen molar-refractivity contribution in [2.45, 2.75) is 12.0 Å². The molecular formula is C25H32N2O4. The number of hydrogen-bond donors (Lipinski definition) is 0. The summed E-state index contributed by atoms with van der Waals surface area (Å²) in [5.74, 6) is -0.622. The molecule has 0 radical (unpaired) electrons. The average molecular weight is 425 g/mol. The molecule has 6 heteroatoms. The lowest BCUT2D eigenvalue weighted by Gasteiger charge is -2.34. The number of carbonyl (C=O) groups is 1. The second-order valence-electron chi connectivity index (χ2n) is 8.14. The first kappa shape index (κ1) is 22.0. The Labute approximate surface area is 184 Å². The van der Waals surface area contributed by atoms with Crippen molar-refractivity contribution in [1.29, 1.82) is 0 Å².